The lowest BCUT2D eigenvalue weighted by atomic mass is 10.1. The van der Waals surface area contributed by atoms with Gasteiger partial charge in [0.05, 0.1) is 11.8 Å². The predicted molar refractivity (Wildman–Crippen MR) is 96.5 cm³/mol. The Balaban J connectivity index is 1.51. The first-order chi connectivity index (χ1) is 12.6. The van der Waals surface area contributed by atoms with E-state index in [4.69, 9.17) is 9.15 Å². The molecule has 5 nitrogen and oxygen atoms in total. The molecule has 0 radical (unpaired) electrons. The number of carbonyl (C=O) groups excluding carboxylic acids is 1. The van der Waals surface area contributed by atoms with Gasteiger partial charge in [-0.3, -0.25) is 4.79 Å². The van der Waals surface area contributed by atoms with Crippen LogP contribution < -0.4 is 10.2 Å². The fourth-order valence-corrected chi connectivity index (χ4v) is 2.21. The zero-order chi connectivity index (χ0) is 18.4. The van der Waals surface area contributed by atoms with Gasteiger partial charge in [0.25, 0.3) is 5.91 Å². The Hall–Kier alpha value is -3.41. The number of halogens is 1. The standard InChI is InChI=1S/C20H17FN2O3/c1-14-6-8-15(9-7-14)25-13-20(24)23-22-12-16-10-11-19(26-16)17-4-2-3-5-18(17)21/h2-12H,13H2,1H3,(H,23,24). The zero-order valence-corrected chi connectivity index (χ0v) is 14.1. The molecule has 0 aliphatic heterocycles. The molecule has 0 aliphatic rings. The summed E-state index contributed by atoms with van der Waals surface area (Å²) >= 11 is 0. The highest BCUT2D eigenvalue weighted by Crippen LogP contribution is 2.24. The van der Waals surface area contributed by atoms with Crippen molar-refractivity contribution < 1.29 is 18.3 Å². The van der Waals surface area contributed by atoms with E-state index in [2.05, 4.69) is 10.5 Å². The second-order valence-electron chi connectivity index (χ2n) is 5.58. The fourth-order valence-electron chi connectivity index (χ4n) is 2.21. The SMILES string of the molecule is Cc1ccc(OCC(=O)NN=Cc2ccc(-c3ccccc3F)o2)cc1. The molecule has 0 saturated carbocycles. The number of ether oxygens (including phenoxy) is 1. The molecule has 1 aromatic heterocycles. The summed E-state index contributed by atoms with van der Waals surface area (Å²) in [7, 11) is 0. The number of nitrogens with one attached hydrogen (secondary N) is 1. The third-order valence-electron chi connectivity index (χ3n) is 3.54. The average Bonchev–Trinajstić information content (AvgIpc) is 3.10. The van der Waals surface area contributed by atoms with Crippen molar-refractivity contribution in [2.75, 3.05) is 6.61 Å². The number of furan rings is 1. The second-order valence-corrected chi connectivity index (χ2v) is 5.58. The molecule has 0 unspecified atom stereocenters. The summed E-state index contributed by atoms with van der Waals surface area (Å²) in [4.78, 5) is 11.7. The highest BCUT2D eigenvalue weighted by Gasteiger charge is 2.08. The van der Waals surface area contributed by atoms with E-state index < -0.39 is 5.91 Å². The van der Waals surface area contributed by atoms with Gasteiger partial charge in [-0.15, -0.1) is 0 Å². The summed E-state index contributed by atoms with van der Waals surface area (Å²) < 4.78 is 24.6. The van der Waals surface area contributed by atoms with E-state index in [1.807, 2.05) is 19.1 Å². The Kier molecular flexibility index (Phi) is 5.43. The van der Waals surface area contributed by atoms with Crippen LogP contribution >= 0.6 is 0 Å². The van der Waals surface area contributed by atoms with Crippen LogP contribution in [-0.4, -0.2) is 18.7 Å². The number of hydrogen-bond donors (Lipinski definition) is 1. The van der Waals surface area contributed by atoms with E-state index in [-0.39, 0.29) is 12.4 Å². The van der Waals surface area contributed by atoms with Crippen LogP contribution in [0.2, 0.25) is 0 Å². The first-order valence-electron chi connectivity index (χ1n) is 7.98. The number of hydrazone groups is 1. The first kappa shape index (κ1) is 17.4. The molecule has 0 fully saturated rings. The van der Waals surface area contributed by atoms with Crippen LogP contribution in [0.5, 0.6) is 5.75 Å². The number of nitrogens with zero attached hydrogens (tertiary/aromatic N) is 1. The lowest BCUT2D eigenvalue weighted by Crippen LogP contribution is -2.24. The Labute approximate surface area is 150 Å². The quantitative estimate of drug-likeness (QED) is 0.540. The van der Waals surface area contributed by atoms with Crippen molar-refractivity contribution >= 4 is 12.1 Å². The fraction of sp³-hybridized carbons (Fsp3) is 0.100. The third-order valence-corrected chi connectivity index (χ3v) is 3.54. The van der Waals surface area contributed by atoms with E-state index in [1.54, 1.807) is 42.5 Å². The third kappa shape index (κ3) is 4.57. The molecular formula is C20H17FN2O3. The molecule has 1 amide bonds. The molecule has 0 atom stereocenters. The molecule has 6 heteroatoms. The highest BCUT2D eigenvalue weighted by atomic mass is 19.1. The van der Waals surface area contributed by atoms with Gasteiger partial charge in [-0.05, 0) is 43.3 Å². The van der Waals surface area contributed by atoms with E-state index in [0.717, 1.165) is 5.56 Å². The first-order valence-corrected chi connectivity index (χ1v) is 7.98. The van der Waals surface area contributed by atoms with Gasteiger partial charge in [0, 0.05) is 0 Å². The maximum atomic E-state index is 13.7. The van der Waals surface area contributed by atoms with Crippen LogP contribution in [0.1, 0.15) is 11.3 Å². The number of rotatable bonds is 6. The molecule has 0 saturated heterocycles. The van der Waals surface area contributed by atoms with Crippen molar-refractivity contribution in [1.29, 1.82) is 0 Å². The Morgan fingerprint density at radius 2 is 1.92 bits per heavy atom. The molecule has 0 aliphatic carbocycles. The summed E-state index contributed by atoms with van der Waals surface area (Å²) in [6.07, 6.45) is 1.34. The van der Waals surface area contributed by atoms with Crippen molar-refractivity contribution in [3.05, 3.63) is 77.8 Å². The van der Waals surface area contributed by atoms with E-state index in [9.17, 15) is 9.18 Å². The molecule has 0 spiro atoms. The lowest BCUT2D eigenvalue weighted by Gasteiger charge is -2.04. The van der Waals surface area contributed by atoms with Gasteiger partial charge in [-0.2, -0.15) is 5.10 Å². The molecule has 2 aromatic carbocycles. The van der Waals surface area contributed by atoms with Crippen LogP contribution in [0.3, 0.4) is 0 Å². The minimum Gasteiger partial charge on any atom is -0.484 e. The number of amides is 1. The highest BCUT2D eigenvalue weighted by molar-refractivity contribution is 5.81. The van der Waals surface area contributed by atoms with Gasteiger partial charge in [-0.1, -0.05) is 29.8 Å². The molecule has 1 N–H and O–H groups in total. The van der Waals surface area contributed by atoms with Gasteiger partial charge in [0.2, 0.25) is 0 Å². The summed E-state index contributed by atoms with van der Waals surface area (Å²) in [5.41, 5.74) is 3.82. The van der Waals surface area contributed by atoms with E-state index in [0.29, 0.717) is 22.8 Å². The predicted octanol–water partition coefficient (Wildman–Crippen LogP) is 3.92. The smallest absolute Gasteiger partial charge is 0.277 e. The monoisotopic (exact) mass is 352 g/mol. The van der Waals surface area contributed by atoms with Gasteiger partial charge in [0.15, 0.2) is 6.61 Å². The maximum absolute atomic E-state index is 13.7. The van der Waals surface area contributed by atoms with Crippen molar-refractivity contribution in [3.8, 4) is 17.1 Å². The maximum Gasteiger partial charge on any atom is 0.277 e. The van der Waals surface area contributed by atoms with Crippen molar-refractivity contribution in [3.63, 3.8) is 0 Å². The molecule has 0 bridgehead atoms. The Morgan fingerprint density at radius 1 is 1.15 bits per heavy atom. The van der Waals surface area contributed by atoms with Crippen LogP contribution in [0.25, 0.3) is 11.3 Å². The van der Waals surface area contributed by atoms with Crippen molar-refractivity contribution in [2.45, 2.75) is 6.92 Å². The molecular weight excluding hydrogens is 335 g/mol. The molecule has 1 heterocycles. The van der Waals surface area contributed by atoms with Gasteiger partial charge in [0.1, 0.15) is 23.1 Å². The minimum absolute atomic E-state index is 0.154. The summed E-state index contributed by atoms with van der Waals surface area (Å²) in [5, 5.41) is 3.81. The van der Waals surface area contributed by atoms with E-state index >= 15 is 0 Å². The normalized spacial score (nSPS) is 10.8. The number of hydrogen-bond acceptors (Lipinski definition) is 4. The topological polar surface area (TPSA) is 63.8 Å². The lowest BCUT2D eigenvalue weighted by molar-refractivity contribution is -0.123. The summed E-state index contributed by atoms with van der Waals surface area (Å²) in [6, 6.07) is 17.0. The Morgan fingerprint density at radius 3 is 2.69 bits per heavy atom. The number of benzene rings is 2. The summed E-state index contributed by atoms with van der Waals surface area (Å²) in [5.74, 6) is 0.617. The zero-order valence-electron chi connectivity index (χ0n) is 14.1. The second kappa shape index (κ2) is 8.11. The van der Waals surface area contributed by atoms with Crippen LogP contribution in [0.15, 0.2) is 70.2 Å². The average molecular weight is 352 g/mol. The molecule has 132 valence electrons. The van der Waals surface area contributed by atoms with Crippen molar-refractivity contribution in [1.82, 2.24) is 5.43 Å². The molecule has 3 rings (SSSR count). The van der Waals surface area contributed by atoms with Crippen LogP contribution in [0.4, 0.5) is 4.39 Å². The largest absolute Gasteiger partial charge is 0.484 e. The molecule has 3 aromatic rings. The van der Waals surface area contributed by atoms with Crippen LogP contribution in [0, 0.1) is 12.7 Å². The van der Waals surface area contributed by atoms with Gasteiger partial charge in [-0.25, -0.2) is 9.82 Å². The van der Waals surface area contributed by atoms with Gasteiger partial charge < -0.3 is 9.15 Å². The number of aryl methyl sites for hydroxylation is 1. The Bertz CT molecular complexity index is 917. The van der Waals surface area contributed by atoms with Gasteiger partial charge >= 0.3 is 0 Å². The van der Waals surface area contributed by atoms with E-state index in [1.165, 1.54) is 12.3 Å². The number of carbonyl (C=O) groups is 1. The molecule has 26 heavy (non-hydrogen) atoms. The summed E-state index contributed by atoms with van der Waals surface area (Å²) in [6.45, 7) is 1.82. The van der Waals surface area contributed by atoms with Crippen LogP contribution in [-0.2, 0) is 4.79 Å². The van der Waals surface area contributed by atoms with Crippen molar-refractivity contribution in [2.24, 2.45) is 5.10 Å². The minimum atomic E-state index is -0.400.